The molecule has 0 saturated carbocycles. The lowest BCUT2D eigenvalue weighted by molar-refractivity contribution is 0.136. The number of rotatable bonds is 6. The zero-order valence-electron chi connectivity index (χ0n) is 9.82. The lowest BCUT2D eigenvalue weighted by Crippen LogP contribution is -2.39. The topological polar surface area (TPSA) is 26.7 Å². The summed E-state index contributed by atoms with van der Waals surface area (Å²) in [6, 6.07) is 0.697. The number of aliphatic hydroxyl groups is 1. The number of hydrogen-bond donors (Lipinski definition) is 1. The Balaban J connectivity index is 2.31. The molecule has 90 valence electrons. The number of aliphatic hydroxyl groups excluding tert-OH is 1. The summed E-state index contributed by atoms with van der Waals surface area (Å²) in [6.45, 7) is 9.77. The lowest BCUT2D eigenvalue weighted by Gasteiger charge is -2.26. The minimum absolute atomic E-state index is 0.222. The molecule has 1 saturated heterocycles. The Bertz CT molecular complexity index is 176. The van der Waals surface area contributed by atoms with Gasteiger partial charge in [-0.15, -0.1) is 0 Å². The number of likely N-dealkylation sites (N-methyl/N-ethyl adjacent to an activating group) is 1. The zero-order chi connectivity index (χ0) is 11.3. The average Bonchev–Trinajstić information content (AvgIpc) is 2.68. The van der Waals surface area contributed by atoms with Crippen LogP contribution in [0.3, 0.4) is 0 Å². The summed E-state index contributed by atoms with van der Waals surface area (Å²) < 4.78 is 0. The molecule has 3 nitrogen and oxygen atoms in total. The van der Waals surface area contributed by atoms with Crippen LogP contribution in [0.5, 0.6) is 0 Å². The van der Waals surface area contributed by atoms with Crippen molar-refractivity contribution in [3.05, 3.63) is 0 Å². The second-order valence-corrected chi connectivity index (χ2v) is 4.88. The molecule has 0 spiro atoms. The second kappa shape index (κ2) is 6.84. The first-order valence-electron chi connectivity index (χ1n) is 5.91. The van der Waals surface area contributed by atoms with Gasteiger partial charge < -0.3 is 5.11 Å². The minimum Gasteiger partial charge on any atom is -0.391 e. The summed E-state index contributed by atoms with van der Waals surface area (Å²) >= 11 is 3.31. The van der Waals surface area contributed by atoms with Crippen molar-refractivity contribution in [2.24, 2.45) is 0 Å². The average molecular weight is 279 g/mol. The third-order valence-electron chi connectivity index (χ3n) is 3.22. The van der Waals surface area contributed by atoms with Crippen LogP contribution in [0.15, 0.2) is 0 Å². The van der Waals surface area contributed by atoms with Gasteiger partial charge in [0.05, 0.1) is 6.10 Å². The molecule has 1 rings (SSSR count). The Labute approximate surface area is 102 Å². The number of likely N-dealkylation sites (tertiary alicyclic amines) is 1. The normalized spacial score (nSPS) is 25.0. The Morgan fingerprint density at radius 1 is 1.47 bits per heavy atom. The van der Waals surface area contributed by atoms with Gasteiger partial charge in [-0.1, -0.05) is 29.8 Å². The summed E-state index contributed by atoms with van der Waals surface area (Å²) in [5, 5.41) is 10.2. The molecule has 0 radical (unpaired) electrons. The number of hydrogen-bond acceptors (Lipinski definition) is 3. The monoisotopic (exact) mass is 278 g/mol. The minimum atomic E-state index is -0.222. The Hall–Kier alpha value is 0.360. The van der Waals surface area contributed by atoms with Crippen LogP contribution in [-0.4, -0.2) is 65.1 Å². The second-order valence-electron chi connectivity index (χ2n) is 4.23. The Kier molecular flexibility index (Phi) is 6.12. The van der Waals surface area contributed by atoms with E-state index in [1.54, 1.807) is 0 Å². The smallest absolute Gasteiger partial charge is 0.0763 e. The zero-order valence-corrected chi connectivity index (χ0v) is 11.4. The standard InChI is InChI=1S/C11H23BrN2O/c1-3-14(4-2)10-5-6-13(8-10)9-11(15)7-12/h10-11,15H,3-9H2,1-2H3. The SMILES string of the molecule is CCN(CC)C1CCN(CC(O)CBr)C1. The van der Waals surface area contributed by atoms with Gasteiger partial charge in [0, 0.05) is 24.5 Å². The van der Waals surface area contributed by atoms with Crippen LogP contribution in [0.2, 0.25) is 0 Å². The molecular weight excluding hydrogens is 256 g/mol. The number of β-amino-alcohol motifs (C(OH)–C–C–N with tert-alkyl or cyclic N) is 1. The molecule has 1 N–H and O–H groups in total. The highest BCUT2D eigenvalue weighted by molar-refractivity contribution is 9.09. The molecule has 0 aromatic heterocycles. The van der Waals surface area contributed by atoms with Gasteiger partial charge in [-0.2, -0.15) is 0 Å². The van der Waals surface area contributed by atoms with Crippen molar-refractivity contribution in [2.75, 3.05) is 38.1 Å². The lowest BCUT2D eigenvalue weighted by atomic mass is 10.2. The van der Waals surface area contributed by atoms with Crippen LogP contribution in [0.1, 0.15) is 20.3 Å². The molecule has 0 aliphatic carbocycles. The molecule has 1 heterocycles. The van der Waals surface area contributed by atoms with E-state index in [9.17, 15) is 5.11 Å². The van der Waals surface area contributed by atoms with Gasteiger partial charge >= 0.3 is 0 Å². The van der Waals surface area contributed by atoms with Gasteiger partial charge in [-0.05, 0) is 26.1 Å². The van der Waals surface area contributed by atoms with E-state index in [0.717, 1.165) is 32.7 Å². The molecule has 2 unspecified atom stereocenters. The summed E-state index contributed by atoms with van der Waals surface area (Å²) in [4.78, 5) is 4.88. The predicted molar refractivity (Wildman–Crippen MR) is 67.6 cm³/mol. The highest BCUT2D eigenvalue weighted by Crippen LogP contribution is 2.15. The van der Waals surface area contributed by atoms with Gasteiger partial charge in [0.1, 0.15) is 0 Å². The molecule has 0 aromatic carbocycles. The highest BCUT2D eigenvalue weighted by atomic mass is 79.9. The molecular formula is C11H23BrN2O. The van der Waals surface area contributed by atoms with Crippen LogP contribution >= 0.6 is 15.9 Å². The maximum Gasteiger partial charge on any atom is 0.0763 e. The van der Waals surface area contributed by atoms with E-state index in [1.165, 1.54) is 6.42 Å². The van der Waals surface area contributed by atoms with Crippen LogP contribution in [-0.2, 0) is 0 Å². The van der Waals surface area contributed by atoms with Crippen molar-refractivity contribution in [3.63, 3.8) is 0 Å². The van der Waals surface area contributed by atoms with Crippen LogP contribution in [0.25, 0.3) is 0 Å². The third-order valence-corrected chi connectivity index (χ3v) is 3.97. The maximum absolute atomic E-state index is 9.56. The Morgan fingerprint density at radius 3 is 2.67 bits per heavy atom. The largest absolute Gasteiger partial charge is 0.391 e. The summed E-state index contributed by atoms with van der Waals surface area (Å²) in [6.07, 6.45) is 1.02. The number of nitrogens with zero attached hydrogens (tertiary/aromatic N) is 2. The molecule has 0 bridgehead atoms. The first-order valence-corrected chi connectivity index (χ1v) is 7.03. The Morgan fingerprint density at radius 2 is 2.13 bits per heavy atom. The van der Waals surface area contributed by atoms with E-state index in [4.69, 9.17) is 0 Å². The first-order chi connectivity index (χ1) is 7.21. The van der Waals surface area contributed by atoms with E-state index in [0.29, 0.717) is 11.4 Å². The van der Waals surface area contributed by atoms with Crippen molar-refractivity contribution >= 4 is 15.9 Å². The third kappa shape index (κ3) is 4.02. The number of alkyl halides is 1. The van der Waals surface area contributed by atoms with E-state index < -0.39 is 0 Å². The fraction of sp³-hybridized carbons (Fsp3) is 1.00. The van der Waals surface area contributed by atoms with E-state index in [2.05, 4.69) is 39.6 Å². The van der Waals surface area contributed by atoms with E-state index in [1.807, 2.05) is 0 Å². The van der Waals surface area contributed by atoms with Gasteiger partial charge in [0.15, 0.2) is 0 Å². The van der Waals surface area contributed by atoms with E-state index in [-0.39, 0.29) is 6.10 Å². The molecule has 15 heavy (non-hydrogen) atoms. The molecule has 0 aromatic rings. The molecule has 1 aliphatic heterocycles. The van der Waals surface area contributed by atoms with Crippen LogP contribution < -0.4 is 0 Å². The van der Waals surface area contributed by atoms with Crippen molar-refractivity contribution < 1.29 is 5.11 Å². The molecule has 1 fully saturated rings. The van der Waals surface area contributed by atoms with Crippen molar-refractivity contribution in [3.8, 4) is 0 Å². The van der Waals surface area contributed by atoms with Crippen molar-refractivity contribution in [1.82, 2.24) is 9.80 Å². The first kappa shape index (κ1) is 13.4. The molecule has 4 heteroatoms. The van der Waals surface area contributed by atoms with Crippen molar-refractivity contribution in [2.45, 2.75) is 32.4 Å². The summed E-state index contributed by atoms with van der Waals surface area (Å²) in [5.74, 6) is 0. The van der Waals surface area contributed by atoms with Gasteiger partial charge in [-0.3, -0.25) is 9.80 Å². The predicted octanol–water partition coefficient (Wildman–Crippen LogP) is 1.16. The maximum atomic E-state index is 9.56. The molecule has 2 atom stereocenters. The number of halogens is 1. The summed E-state index contributed by atoms with van der Waals surface area (Å²) in [5.41, 5.74) is 0. The van der Waals surface area contributed by atoms with Crippen LogP contribution in [0, 0.1) is 0 Å². The van der Waals surface area contributed by atoms with Gasteiger partial charge in [-0.25, -0.2) is 0 Å². The van der Waals surface area contributed by atoms with Gasteiger partial charge in [0.2, 0.25) is 0 Å². The molecule has 1 aliphatic rings. The van der Waals surface area contributed by atoms with Crippen molar-refractivity contribution in [1.29, 1.82) is 0 Å². The fourth-order valence-electron chi connectivity index (χ4n) is 2.36. The molecule has 0 amide bonds. The van der Waals surface area contributed by atoms with Crippen LogP contribution in [0.4, 0.5) is 0 Å². The quantitative estimate of drug-likeness (QED) is 0.739. The summed E-state index contributed by atoms with van der Waals surface area (Å²) in [7, 11) is 0. The highest BCUT2D eigenvalue weighted by Gasteiger charge is 2.26. The van der Waals surface area contributed by atoms with E-state index >= 15 is 0 Å². The fourth-order valence-corrected chi connectivity index (χ4v) is 2.57. The van der Waals surface area contributed by atoms with Gasteiger partial charge in [0.25, 0.3) is 0 Å².